The molecule has 0 saturated carbocycles. The van der Waals surface area contributed by atoms with Crippen molar-refractivity contribution in [1.29, 1.82) is 0 Å². The highest BCUT2D eigenvalue weighted by Crippen LogP contribution is 2.40. The van der Waals surface area contributed by atoms with E-state index in [1.54, 1.807) is 26.2 Å². The fourth-order valence-corrected chi connectivity index (χ4v) is 2.64. The second kappa shape index (κ2) is 7.26. The molecule has 1 heterocycles. The molecule has 1 aliphatic heterocycles. The summed E-state index contributed by atoms with van der Waals surface area (Å²) in [6.07, 6.45) is -0.0438. The molecular formula is C16H21NO5. The van der Waals surface area contributed by atoms with Gasteiger partial charge in [-0.2, -0.15) is 0 Å². The molecule has 22 heavy (non-hydrogen) atoms. The summed E-state index contributed by atoms with van der Waals surface area (Å²) in [7, 11) is 1.60. The van der Waals surface area contributed by atoms with Crippen molar-refractivity contribution in [2.24, 2.45) is 5.92 Å². The molecule has 0 saturated heterocycles. The maximum Gasteiger partial charge on any atom is 0.306 e. The van der Waals surface area contributed by atoms with Crippen molar-refractivity contribution in [2.45, 2.75) is 26.4 Å². The number of anilines is 1. The smallest absolute Gasteiger partial charge is 0.306 e. The lowest BCUT2D eigenvalue weighted by molar-refractivity contribution is -0.146. The van der Waals surface area contributed by atoms with Gasteiger partial charge >= 0.3 is 5.97 Å². The number of ether oxygens (including phenoxy) is 3. The van der Waals surface area contributed by atoms with Gasteiger partial charge in [0.2, 0.25) is 5.91 Å². The van der Waals surface area contributed by atoms with E-state index in [9.17, 15) is 9.59 Å². The summed E-state index contributed by atoms with van der Waals surface area (Å²) in [5.74, 6) is 0.179. The number of esters is 1. The molecule has 1 aromatic carbocycles. The zero-order valence-electron chi connectivity index (χ0n) is 13.0. The fraction of sp³-hybridized carbons (Fsp3) is 0.500. The maximum absolute atomic E-state index is 11.7. The lowest BCUT2D eigenvalue weighted by atomic mass is 9.90. The second-order valence-electron chi connectivity index (χ2n) is 5.17. The number of benzene rings is 1. The molecule has 0 aromatic heterocycles. The molecule has 0 aliphatic carbocycles. The Morgan fingerprint density at radius 3 is 2.82 bits per heavy atom. The molecule has 6 nitrogen and oxygen atoms in total. The molecule has 1 amide bonds. The highest BCUT2D eigenvalue weighted by atomic mass is 16.5. The Labute approximate surface area is 129 Å². The number of carbonyl (C=O) groups excluding carboxylic acids is 2. The number of hydrogen-bond donors (Lipinski definition) is 1. The SMILES string of the molecule is CCOC(=O)CC1COc2ccc(NC(C)=O)cc2C1OC. The van der Waals surface area contributed by atoms with Crippen molar-refractivity contribution in [1.82, 2.24) is 0 Å². The molecule has 2 unspecified atom stereocenters. The molecule has 1 aliphatic rings. The van der Waals surface area contributed by atoms with Crippen LogP contribution in [0.5, 0.6) is 5.75 Å². The highest BCUT2D eigenvalue weighted by Gasteiger charge is 2.33. The molecule has 2 rings (SSSR count). The maximum atomic E-state index is 11.7. The summed E-state index contributed by atoms with van der Waals surface area (Å²) in [5.41, 5.74) is 1.50. The normalized spacial score (nSPS) is 19.8. The van der Waals surface area contributed by atoms with Gasteiger partial charge in [-0.15, -0.1) is 0 Å². The summed E-state index contributed by atoms with van der Waals surface area (Å²) in [5, 5.41) is 2.73. The van der Waals surface area contributed by atoms with Crippen LogP contribution in [0, 0.1) is 5.92 Å². The number of carbonyl (C=O) groups is 2. The molecule has 120 valence electrons. The van der Waals surface area contributed by atoms with E-state index in [0.29, 0.717) is 24.7 Å². The van der Waals surface area contributed by atoms with E-state index in [1.807, 2.05) is 6.07 Å². The summed E-state index contributed by atoms with van der Waals surface area (Å²) in [6, 6.07) is 5.40. The van der Waals surface area contributed by atoms with Gasteiger partial charge in [0.05, 0.1) is 25.7 Å². The average molecular weight is 307 g/mol. The van der Waals surface area contributed by atoms with E-state index < -0.39 is 0 Å². The van der Waals surface area contributed by atoms with Crippen LogP contribution in [-0.4, -0.2) is 32.2 Å². The molecule has 0 radical (unpaired) electrons. The first kappa shape index (κ1) is 16.3. The van der Waals surface area contributed by atoms with Gasteiger partial charge in [-0.1, -0.05) is 0 Å². The van der Waals surface area contributed by atoms with Crippen LogP contribution in [0.25, 0.3) is 0 Å². The molecular weight excluding hydrogens is 286 g/mol. The van der Waals surface area contributed by atoms with Gasteiger partial charge in [-0.25, -0.2) is 0 Å². The van der Waals surface area contributed by atoms with Gasteiger partial charge in [0.25, 0.3) is 0 Å². The van der Waals surface area contributed by atoms with Crippen LogP contribution in [0.15, 0.2) is 18.2 Å². The minimum absolute atomic E-state index is 0.121. The predicted molar refractivity (Wildman–Crippen MR) is 80.7 cm³/mol. The van der Waals surface area contributed by atoms with Crippen molar-refractivity contribution < 1.29 is 23.8 Å². The van der Waals surface area contributed by atoms with E-state index in [0.717, 1.165) is 5.56 Å². The number of fused-ring (bicyclic) bond motifs is 1. The lowest BCUT2D eigenvalue weighted by Crippen LogP contribution is -2.30. The fourth-order valence-electron chi connectivity index (χ4n) is 2.64. The Morgan fingerprint density at radius 2 is 2.18 bits per heavy atom. The standard InChI is InChI=1S/C16H21NO5/c1-4-21-15(19)7-11-9-22-14-6-5-12(17-10(2)18)8-13(14)16(11)20-3/h5-6,8,11,16H,4,7,9H2,1-3H3,(H,17,18). The van der Waals surface area contributed by atoms with Crippen molar-refractivity contribution in [2.75, 3.05) is 25.6 Å². The van der Waals surface area contributed by atoms with E-state index in [4.69, 9.17) is 14.2 Å². The molecule has 0 bridgehead atoms. The highest BCUT2D eigenvalue weighted by molar-refractivity contribution is 5.88. The Morgan fingerprint density at radius 1 is 1.41 bits per heavy atom. The second-order valence-corrected chi connectivity index (χ2v) is 5.17. The van der Waals surface area contributed by atoms with Crippen molar-refractivity contribution in [3.63, 3.8) is 0 Å². The van der Waals surface area contributed by atoms with Crippen LogP contribution in [-0.2, 0) is 19.1 Å². The topological polar surface area (TPSA) is 73.9 Å². The molecule has 6 heteroatoms. The Kier molecular flexibility index (Phi) is 5.38. The molecule has 1 aromatic rings. The van der Waals surface area contributed by atoms with Crippen LogP contribution in [0.2, 0.25) is 0 Å². The molecule has 1 N–H and O–H groups in total. The number of nitrogens with one attached hydrogen (secondary N) is 1. The third-order valence-corrected chi connectivity index (χ3v) is 3.51. The van der Waals surface area contributed by atoms with Crippen LogP contribution in [0.4, 0.5) is 5.69 Å². The molecule has 0 spiro atoms. The van der Waals surface area contributed by atoms with Crippen molar-refractivity contribution in [3.8, 4) is 5.75 Å². The summed E-state index contributed by atoms with van der Waals surface area (Å²) < 4.78 is 16.3. The van der Waals surface area contributed by atoms with E-state index in [2.05, 4.69) is 5.32 Å². The first-order valence-corrected chi connectivity index (χ1v) is 7.27. The van der Waals surface area contributed by atoms with Gasteiger partial charge in [0.15, 0.2) is 0 Å². The van der Waals surface area contributed by atoms with Crippen LogP contribution < -0.4 is 10.1 Å². The molecule has 0 fully saturated rings. The first-order valence-electron chi connectivity index (χ1n) is 7.27. The Balaban J connectivity index is 2.21. The third kappa shape index (κ3) is 3.76. The zero-order chi connectivity index (χ0) is 16.1. The van der Waals surface area contributed by atoms with Crippen molar-refractivity contribution in [3.05, 3.63) is 23.8 Å². The summed E-state index contributed by atoms with van der Waals surface area (Å²) in [6.45, 7) is 3.97. The monoisotopic (exact) mass is 307 g/mol. The largest absolute Gasteiger partial charge is 0.493 e. The van der Waals surface area contributed by atoms with Gasteiger partial charge in [0.1, 0.15) is 5.75 Å². The van der Waals surface area contributed by atoms with Gasteiger partial charge < -0.3 is 19.5 Å². The molecule has 2 atom stereocenters. The summed E-state index contributed by atoms with van der Waals surface area (Å²) in [4.78, 5) is 22.9. The van der Waals surface area contributed by atoms with Crippen LogP contribution in [0.1, 0.15) is 31.9 Å². The van der Waals surface area contributed by atoms with Crippen LogP contribution >= 0.6 is 0 Å². The van der Waals surface area contributed by atoms with E-state index >= 15 is 0 Å². The quantitative estimate of drug-likeness (QED) is 0.845. The Bertz CT molecular complexity index is 557. The minimum Gasteiger partial charge on any atom is -0.493 e. The van der Waals surface area contributed by atoms with Gasteiger partial charge in [0, 0.05) is 31.2 Å². The summed E-state index contributed by atoms with van der Waals surface area (Å²) >= 11 is 0. The lowest BCUT2D eigenvalue weighted by Gasteiger charge is -2.32. The number of hydrogen-bond acceptors (Lipinski definition) is 5. The van der Waals surface area contributed by atoms with Crippen LogP contribution in [0.3, 0.4) is 0 Å². The number of methoxy groups -OCH3 is 1. The Hall–Kier alpha value is -2.08. The minimum atomic E-state index is -0.276. The number of amides is 1. The average Bonchev–Trinajstić information content (AvgIpc) is 2.46. The first-order chi connectivity index (χ1) is 10.5. The third-order valence-electron chi connectivity index (χ3n) is 3.51. The number of rotatable bonds is 5. The zero-order valence-corrected chi connectivity index (χ0v) is 13.0. The van der Waals surface area contributed by atoms with E-state index in [1.165, 1.54) is 6.92 Å². The van der Waals surface area contributed by atoms with Gasteiger partial charge in [-0.3, -0.25) is 9.59 Å². The predicted octanol–water partition coefficient (Wildman–Crippen LogP) is 2.29. The van der Waals surface area contributed by atoms with Crippen molar-refractivity contribution >= 4 is 17.6 Å². The van der Waals surface area contributed by atoms with Gasteiger partial charge in [-0.05, 0) is 25.1 Å². The van der Waals surface area contributed by atoms with E-state index in [-0.39, 0.29) is 30.3 Å².